The Morgan fingerprint density at radius 2 is 2.05 bits per heavy atom. The van der Waals surface area contributed by atoms with E-state index in [-0.39, 0.29) is 0 Å². The van der Waals surface area contributed by atoms with Crippen LogP contribution in [0.25, 0.3) is 17.4 Å². The summed E-state index contributed by atoms with van der Waals surface area (Å²) in [6, 6.07) is 7.80. The van der Waals surface area contributed by atoms with Crippen molar-refractivity contribution in [3.8, 4) is 17.4 Å². The highest BCUT2D eigenvalue weighted by molar-refractivity contribution is 5.51. The van der Waals surface area contributed by atoms with Crippen molar-refractivity contribution in [3.63, 3.8) is 0 Å². The Morgan fingerprint density at radius 3 is 2.70 bits per heavy atom. The summed E-state index contributed by atoms with van der Waals surface area (Å²) in [4.78, 5) is 4.60. The zero-order valence-corrected chi connectivity index (χ0v) is 11.8. The summed E-state index contributed by atoms with van der Waals surface area (Å²) in [5.74, 6) is 3.08. The Balaban J connectivity index is 2.23. The van der Waals surface area contributed by atoms with E-state index in [4.69, 9.17) is 4.42 Å². The van der Waals surface area contributed by atoms with Crippen molar-refractivity contribution in [2.45, 2.75) is 27.2 Å². The highest BCUT2D eigenvalue weighted by atomic mass is 16.3. The molecule has 3 heterocycles. The average Bonchev–Trinajstić information content (AvgIpc) is 3.06. The first-order valence-electron chi connectivity index (χ1n) is 6.63. The molecule has 0 fully saturated rings. The molecule has 0 aliphatic rings. The molecule has 0 unspecified atom stereocenters. The lowest BCUT2D eigenvalue weighted by Crippen LogP contribution is -2.05. The normalized spacial score (nSPS) is 10.9. The van der Waals surface area contributed by atoms with Crippen LogP contribution in [0.1, 0.15) is 24.0 Å². The number of nitrogens with zero attached hydrogens (tertiary/aromatic N) is 4. The van der Waals surface area contributed by atoms with Crippen LogP contribution >= 0.6 is 0 Å². The molecule has 0 saturated heterocycles. The number of pyridine rings is 1. The van der Waals surface area contributed by atoms with Crippen LogP contribution in [0.3, 0.4) is 0 Å². The maximum absolute atomic E-state index is 5.45. The smallest absolute Gasteiger partial charge is 0.205 e. The molecule has 20 heavy (non-hydrogen) atoms. The minimum atomic E-state index is 0.685. The van der Waals surface area contributed by atoms with Crippen LogP contribution in [-0.4, -0.2) is 19.7 Å². The Morgan fingerprint density at radius 1 is 1.20 bits per heavy atom. The van der Waals surface area contributed by atoms with E-state index in [0.717, 1.165) is 29.3 Å². The van der Waals surface area contributed by atoms with Crippen LogP contribution in [0.15, 0.2) is 34.9 Å². The first-order chi connectivity index (χ1) is 9.69. The van der Waals surface area contributed by atoms with Crippen LogP contribution in [0.4, 0.5) is 0 Å². The first kappa shape index (κ1) is 12.6. The number of rotatable bonds is 3. The molecule has 3 rings (SSSR count). The molecule has 0 amide bonds. The Hall–Kier alpha value is -2.43. The minimum absolute atomic E-state index is 0.685. The molecule has 5 heteroatoms. The van der Waals surface area contributed by atoms with Gasteiger partial charge in [0.2, 0.25) is 5.82 Å². The molecule has 0 saturated carbocycles. The highest BCUT2D eigenvalue weighted by Gasteiger charge is 2.17. The van der Waals surface area contributed by atoms with Gasteiger partial charge in [-0.15, -0.1) is 10.2 Å². The summed E-state index contributed by atoms with van der Waals surface area (Å²) in [6.07, 6.45) is 2.41. The summed E-state index contributed by atoms with van der Waals surface area (Å²) in [6.45, 7) is 6.09. The molecule has 3 aromatic rings. The van der Waals surface area contributed by atoms with Gasteiger partial charge < -0.3 is 4.42 Å². The minimum Gasteiger partial charge on any atom is -0.461 e. The summed E-state index contributed by atoms with van der Waals surface area (Å²) >= 11 is 0. The van der Waals surface area contributed by atoms with Gasteiger partial charge in [0.15, 0.2) is 5.76 Å². The molecule has 0 aromatic carbocycles. The van der Waals surface area contributed by atoms with Gasteiger partial charge >= 0.3 is 0 Å². The van der Waals surface area contributed by atoms with Gasteiger partial charge in [0.25, 0.3) is 0 Å². The molecule has 0 atom stereocenters. The van der Waals surface area contributed by atoms with Crippen molar-refractivity contribution < 1.29 is 4.42 Å². The largest absolute Gasteiger partial charge is 0.461 e. The number of hydrogen-bond donors (Lipinski definition) is 0. The molecule has 0 spiro atoms. The van der Waals surface area contributed by atoms with Gasteiger partial charge in [0.1, 0.15) is 11.6 Å². The fourth-order valence-corrected chi connectivity index (χ4v) is 2.29. The van der Waals surface area contributed by atoms with Gasteiger partial charge in [-0.3, -0.25) is 4.57 Å². The third-order valence-electron chi connectivity index (χ3n) is 3.10. The predicted octanol–water partition coefficient (Wildman–Crippen LogP) is 3.10. The van der Waals surface area contributed by atoms with Crippen molar-refractivity contribution in [2.24, 2.45) is 0 Å². The highest BCUT2D eigenvalue weighted by Crippen LogP contribution is 2.23. The van der Waals surface area contributed by atoms with Gasteiger partial charge in [0, 0.05) is 12.1 Å². The van der Waals surface area contributed by atoms with Gasteiger partial charge in [0.05, 0.1) is 6.26 Å². The van der Waals surface area contributed by atoms with Crippen molar-refractivity contribution in [2.75, 3.05) is 0 Å². The zero-order valence-electron chi connectivity index (χ0n) is 11.8. The van der Waals surface area contributed by atoms with Crippen LogP contribution in [0.5, 0.6) is 0 Å². The molecular formula is C15H16N4O. The first-order valence-corrected chi connectivity index (χ1v) is 6.63. The van der Waals surface area contributed by atoms with Crippen molar-refractivity contribution in [3.05, 3.63) is 47.6 Å². The molecule has 102 valence electrons. The van der Waals surface area contributed by atoms with Gasteiger partial charge in [-0.2, -0.15) is 0 Å². The lowest BCUT2D eigenvalue weighted by molar-refractivity contribution is 0.575. The fourth-order valence-electron chi connectivity index (χ4n) is 2.29. The van der Waals surface area contributed by atoms with Crippen molar-refractivity contribution in [1.82, 2.24) is 19.7 Å². The van der Waals surface area contributed by atoms with Gasteiger partial charge in [-0.25, -0.2) is 4.98 Å². The molecule has 5 nitrogen and oxygen atoms in total. The molecule has 3 aromatic heterocycles. The quantitative estimate of drug-likeness (QED) is 0.732. The number of aryl methyl sites for hydroxylation is 3. The van der Waals surface area contributed by atoms with E-state index in [2.05, 4.69) is 29.0 Å². The lowest BCUT2D eigenvalue weighted by Gasteiger charge is -2.09. The van der Waals surface area contributed by atoms with E-state index in [1.165, 1.54) is 0 Å². The predicted molar refractivity (Wildman–Crippen MR) is 75.7 cm³/mol. The topological polar surface area (TPSA) is 56.7 Å². The summed E-state index contributed by atoms with van der Waals surface area (Å²) in [5.41, 5.74) is 2.13. The molecule has 0 bridgehead atoms. The third kappa shape index (κ3) is 2.11. The van der Waals surface area contributed by atoms with Crippen LogP contribution in [-0.2, 0) is 6.42 Å². The molecule has 0 aliphatic heterocycles. The second kappa shape index (κ2) is 4.92. The Kier molecular flexibility index (Phi) is 3.10. The summed E-state index contributed by atoms with van der Waals surface area (Å²) < 4.78 is 7.41. The summed E-state index contributed by atoms with van der Waals surface area (Å²) in [7, 11) is 0. The number of hydrogen-bond acceptors (Lipinski definition) is 4. The Bertz CT molecular complexity index is 708. The maximum atomic E-state index is 5.45. The van der Waals surface area contributed by atoms with E-state index in [1.54, 1.807) is 6.26 Å². The van der Waals surface area contributed by atoms with Gasteiger partial charge in [-0.05, 0) is 43.7 Å². The van der Waals surface area contributed by atoms with E-state index in [9.17, 15) is 0 Å². The molecular weight excluding hydrogens is 252 g/mol. The lowest BCUT2D eigenvalue weighted by atomic mass is 10.2. The standard InChI is InChI=1S/C15H16N4O/c1-4-13-17-18-15(12-6-5-7-20-12)19(13)14-9-10(2)8-11(3)16-14/h5-9H,4H2,1-3H3. The van der Waals surface area contributed by atoms with Gasteiger partial charge in [-0.1, -0.05) is 6.92 Å². The monoisotopic (exact) mass is 268 g/mol. The summed E-state index contributed by atoms with van der Waals surface area (Å²) in [5, 5.41) is 8.48. The fraction of sp³-hybridized carbons (Fsp3) is 0.267. The second-order valence-corrected chi connectivity index (χ2v) is 4.75. The average molecular weight is 268 g/mol. The van der Waals surface area contributed by atoms with Crippen molar-refractivity contribution >= 4 is 0 Å². The molecule has 0 radical (unpaired) electrons. The Labute approximate surface area is 117 Å². The van der Waals surface area contributed by atoms with E-state index < -0.39 is 0 Å². The number of furan rings is 1. The van der Waals surface area contributed by atoms with Crippen LogP contribution in [0, 0.1) is 13.8 Å². The van der Waals surface area contributed by atoms with E-state index in [1.807, 2.05) is 35.8 Å². The van der Waals surface area contributed by atoms with Crippen molar-refractivity contribution in [1.29, 1.82) is 0 Å². The third-order valence-corrected chi connectivity index (χ3v) is 3.10. The van der Waals surface area contributed by atoms with Crippen LogP contribution in [0.2, 0.25) is 0 Å². The SMILES string of the molecule is CCc1nnc(-c2ccco2)n1-c1cc(C)cc(C)n1. The zero-order chi connectivity index (χ0) is 14.1. The number of aromatic nitrogens is 4. The van der Waals surface area contributed by atoms with E-state index >= 15 is 0 Å². The van der Waals surface area contributed by atoms with Crippen LogP contribution < -0.4 is 0 Å². The second-order valence-electron chi connectivity index (χ2n) is 4.75. The molecule has 0 N–H and O–H groups in total. The maximum Gasteiger partial charge on any atom is 0.205 e. The molecule has 0 aliphatic carbocycles. The van der Waals surface area contributed by atoms with E-state index in [0.29, 0.717) is 11.6 Å².